The van der Waals surface area contributed by atoms with Crippen LogP contribution in [0.1, 0.15) is 20.3 Å². The molecule has 0 aromatic carbocycles. The van der Waals surface area contributed by atoms with Gasteiger partial charge in [-0.1, -0.05) is 13.8 Å². The molecule has 1 aliphatic rings. The van der Waals surface area contributed by atoms with Crippen molar-refractivity contribution in [2.45, 2.75) is 32.4 Å². The van der Waals surface area contributed by atoms with Crippen LogP contribution < -0.4 is 15.8 Å². The Morgan fingerprint density at radius 2 is 2.31 bits per heavy atom. The highest BCUT2D eigenvalue weighted by Crippen LogP contribution is 2.41. The number of nitrogens with two attached hydrogens (primary N) is 1. The average molecular weight is 221 g/mol. The smallest absolute Gasteiger partial charge is 0.214 e. The fourth-order valence-corrected chi connectivity index (χ4v) is 2.02. The van der Waals surface area contributed by atoms with Crippen molar-refractivity contribution >= 4 is 5.69 Å². The van der Waals surface area contributed by atoms with Gasteiger partial charge in [0, 0.05) is 35.4 Å². The van der Waals surface area contributed by atoms with Crippen LogP contribution in [0.25, 0.3) is 0 Å². The molecule has 0 amide bonds. The topological polar surface area (TPSA) is 60.2 Å². The first-order valence-corrected chi connectivity index (χ1v) is 5.56. The number of hydrogen-bond donors (Lipinski definition) is 2. The summed E-state index contributed by atoms with van der Waals surface area (Å²) in [4.78, 5) is 4.07. The highest BCUT2D eigenvalue weighted by molar-refractivity contribution is 5.47. The molecule has 4 heteroatoms. The van der Waals surface area contributed by atoms with E-state index in [9.17, 15) is 0 Å². The first kappa shape index (κ1) is 11.2. The molecule has 1 aromatic heterocycles. The molecule has 0 bridgehead atoms. The van der Waals surface area contributed by atoms with Crippen molar-refractivity contribution in [3.63, 3.8) is 0 Å². The van der Waals surface area contributed by atoms with Gasteiger partial charge in [-0.05, 0) is 12.5 Å². The zero-order chi connectivity index (χ0) is 11.8. The quantitative estimate of drug-likeness (QED) is 0.814. The van der Waals surface area contributed by atoms with E-state index < -0.39 is 0 Å². The number of nitrogens with one attached hydrogen (secondary N) is 1. The third kappa shape index (κ3) is 1.85. The molecule has 2 unspecified atom stereocenters. The number of hydrogen-bond acceptors (Lipinski definition) is 4. The monoisotopic (exact) mass is 221 g/mol. The summed E-state index contributed by atoms with van der Waals surface area (Å²) in [5.74, 6) is 0.631. The third-order valence-electron chi connectivity index (χ3n) is 3.63. The second-order valence-corrected chi connectivity index (χ2v) is 4.95. The van der Waals surface area contributed by atoms with Gasteiger partial charge < -0.3 is 15.8 Å². The Balaban J connectivity index is 2.05. The van der Waals surface area contributed by atoms with Crippen LogP contribution in [0.3, 0.4) is 0 Å². The molecule has 2 rings (SSSR count). The van der Waals surface area contributed by atoms with E-state index in [2.05, 4.69) is 24.1 Å². The Labute approximate surface area is 96.2 Å². The van der Waals surface area contributed by atoms with Gasteiger partial charge in [0.05, 0.1) is 7.11 Å². The number of nitrogens with zero attached hydrogens (tertiary/aromatic N) is 1. The van der Waals surface area contributed by atoms with Crippen LogP contribution in [0, 0.1) is 5.41 Å². The minimum Gasteiger partial charge on any atom is -0.481 e. The fraction of sp³-hybridized carbons (Fsp3) is 0.583. The largest absolute Gasteiger partial charge is 0.481 e. The second kappa shape index (κ2) is 3.94. The summed E-state index contributed by atoms with van der Waals surface area (Å²) in [6, 6.07) is 4.56. The molecule has 1 aliphatic carbocycles. The summed E-state index contributed by atoms with van der Waals surface area (Å²) in [5, 5.41) is 3.47. The summed E-state index contributed by atoms with van der Waals surface area (Å²) >= 11 is 0. The molecular formula is C12H19N3O. The van der Waals surface area contributed by atoms with Crippen molar-refractivity contribution in [2.24, 2.45) is 11.1 Å². The Kier molecular flexibility index (Phi) is 2.76. The molecule has 88 valence electrons. The summed E-state index contributed by atoms with van der Waals surface area (Å²) in [6.07, 6.45) is 2.75. The van der Waals surface area contributed by atoms with Gasteiger partial charge in [0.15, 0.2) is 0 Å². The predicted octanol–water partition coefficient (Wildman–Crippen LogP) is 1.63. The lowest BCUT2D eigenvalue weighted by Crippen LogP contribution is -2.61. The fourth-order valence-electron chi connectivity index (χ4n) is 2.02. The molecule has 1 aromatic rings. The minimum absolute atomic E-state index is 0.149. The van der Waals surface area contributed by atoms with Gasteiger partial charge in [-0.2, -0.15) is 0 Å². The Morgan fingerprint density at radius 1 is 1.56 bits per heavy atom. The first-order chi connectivity index (χ1) is 7.54. The van der Waals surface area contributed by atoms with Crippen LogP contribution in [0.2, 0.25) is 0 Å². The van der Waals surface area contributed by atoms with Gasteiger partial charge in [0.1, 0.15) is 0 Å². The first-order valence-electron chi connectivity index (χ1n) is 5.56. The van der Waals surface area contributed by atoms with Crippen LogP contribution in [-0.2, 0) is 0 Å². The van der Waals surface area contributed by atoms with Crippen LogP contribution in [0.4, 0.5) is 5.69 Å². The van der Waals surface area contributed by atoms with Crippen molar-refractivity contribution in [1.29, 1.82) is 0 Å². The van der Waals surface area contributed by atoms with Crippen LogP contribution in [-0.4, -0.2) is 24.2 Å². The molecule has 1 heterocycles. The maximum Gasteiger partial charge on any atom is 0.214 e. The van der Waals surface area contributed by atoms with Gasteiger partial charge in [0.25, 0.3) is 0 Å². The molecule has 2 atom stereocenters. The van der Waals surface area contributed by atoms with Crippen molar-refractivity contribution in [3.8, 4) is 5.88 Å². The van der Waals surface area contributed by atoms with Gasteiger partial charge >= 0.3 is 0 Å². The molecule has 3 N–H and O–H groups in total. The molecule has 4 nitrogen and oxygen atoms in total. The van der Waals surface area contributed by atoms with E-state index in [1.165, 1.54) is 0 Å². The van der Waals surface area contributed by atoms with E-state index in [0.29, 0.717) is 11.9 Å². The Bertz CT molecular complexity index is 378. The SMILES string of the molecule is COc1cc(NC2CC(N)C2(C)C)ccn1. The number of methoxy groups -OCH3 is 1. The number of ether oxygens (including phenoxy) is 1. The summed E-state index contributed by atoms with van der Waals surface area (Å²) in [6.45, 7) is 4.38. The Morgan fingerprint density at radius 3 is 2.88 bits per heavy atom. The van der Waals surface area contributed by atoms with E-state index in [-0.39, 0.29) is 11.5 Å². The van der Waals surface area contributed by atoms with Crippen molar-refractivity contribution < 1.29 is 4.74 Å². The van der Waals surface area contributed by atoms with Crippen molar-refractivity contribution in [2.75, 3.05) is 12.4 Å². The van der Waals surface area contributed by atoms with E-state index in [0.717, 1.165) is 12.1 Å². The van der Waals surface area contributed by atoms with Crippen LogP contribution in [0.5, 0.6) is 5.88 Å². The van der Waals surface area contributed by atoms with E-state index in [1.54, 1.807) is 13.3 Å². The van der Waals surface area contributed by atoms with Gasteiger partial charge in [-0.25, -0.2) is 4.98 Å². The van der Waals surface area contributed by atoms with Crippen molar-refractivity contribution in [3.05, 3.63) is 18.3 Å². The lowest BCUT2D eigenvalue weighted by atomic mass is 9.63. The molecule has 16 heavy (non-hydrogen) atoms. The number of anilines is 1. The average Bonchev–Trinajstić information content (AvgIpc) is 2.29. The zero-order valence-corrected chi connectivity index (χ0v) is 10.0. The Hall–Kier alpha value is -1.29. The molecule has 1 fully saturated rings. The predicted molar refractivity (Wildman–Crippen MR) is 64.6 cm³/mol. The van der Waals surface area contributed by atoms with Crippen molar-refractivity contribution in [1.82, 2.24) is 4.98 Å². The normalized spacial score (nSPS) is 27.0. The van der Waals surface area contributed by atoms with Crippen LogP contribution >= 0.6 is 0 Å². The van der Waals surface area contributed by atoms with Gasteiger partial charge in [-0.15, -0.1) is 0 Å². The number of aromatic nitrogens is 1. The lowest BCUT2D eigenvalue weighted by Gasteiger charge is -2.51. The van der Waals surface area contributed by atoms with Crippen LogP contribution in [0.15, 0.2) is 18.3 Å². The number of rotatable bonds is 3. The lowest BCUT2D eigenvalue weighted by molar-refractivity contribution is 0.117. The molecule has 0 radical (unpaired) electrons. The molecule has 0 aliphatic heterocycles. The maximum atomic E-state index is 5.98. The summed E-state index contributed by atoms with van der Waals surface area (Å²) < 4.78 is 5.09. The molecule has 0 spiro atoms. The molecule has 1 saturated carbocycles. The van der Waals surface area contributed by atoms with E-state index in [4.69, 9.17) is 10.5 Å². The van der Waals surface area contributed by atoms with E-state index in [1.807, 2.05) is 12.1 Å². The van der Waals surface area contributed by atoms with E-state index >= 15 is 0 Å². The van der Waals surface area contributed by atoms with Gasteiger partial charge in [-0.3, -0.25) is 0 Å². The molecule has 0 saturated heterocycles. The standard InChI is InChI=1S/C12H19N3O/c1-12(2)9(13)7-10(12)15-8-4-5-14-11(6-8)16-3/h4-6,9-10H,7,13H2,1-3H3,(H,14,15). The maximum absolute atomic E-state index is 5.98. The summed E-state index contributed by atoms with van der Waals surface area (Å²) in [5.41, 5.74) is 7.17. The second-order valence-electron chi connectivity index (χ2n) is 4.95. The minimum atomic E-state index is 0.149. The zero-order valence-electron chi connectivity index (χ0n) is 10.0. The highest BCUT2D eigenvalue weighted by Gasteiger charge is 2.45. The third-order valence-corrected chi connectivity index (χ3v) is 3.63. The number of pyridine rings is 1. The van der Waals surface area contributed by atoms with Gasteiger partial charge in [0.2, 0.25) is 5.88 Å². The summed E-state index contributed by atoms with van der Waals surface area (Å²) in [7, 11) is 1.62. The highest BCUT2D eigenvalue weighted by atomic mass is 16.5. The molecular weight excluding hydrogens is 202 g/mol.